The molecule has 1 atom stereocenters. The molecule has 2 aromatic rings. The van der Waals surface area contributed by atoms with Crippen LogP contribution in [0.3, 0.4) is 0 Å². The van der Waals surface area contributed by atoms with Crippen LogP contribution in [0.2, 0.25) is 10.0 Å². The summed E-state index contributed by atoms with van der Waals surface area (Å²) in [5.74, 6) is -0.0991. The Morgan fingerprint density at radius 1 is 1.44 bits per heavy atom. The van der Waals surface area contributed by atoms with E-state index in [0.29, 0.717) is 28.3 Å². The monoisotopic (exact) mass is 428 g/mol. The molecule has 0 saturated carbocycles. The molecule has 0 radical (unpaired) electrons. The maximum Gasteiger partial charge on any atom is 0.254 e. The second-order valence-electron chi connectivity index (χ2n) is 6.34. The fourth-order valence-electron chi connectivity index (χ4n) is 2.89. The highest BCUT2D eigenvalue weighted by Crippen LogP contribution is 2.33. The topological polar surface area (TPSA) is 51.7 Å². The lowest BCUT2D eigenvalue weighted by molar-refractivity contribution is -0.124. The number of aromatic nitrogens is 1. The van der Waals surface area contributed by atoms with E-state index in [1.54, 1.807) is 17.0 Å². The molecule has 1 saturated heterocycles. The van der Waals surface area contributed by atoms with Crippen molar-refractivity contribution in [1.82, 2.24) is 4.98 Å². The summed E-state index contributed by atoms with van der Waals surface area (Å²) in [6, 6.07) is 5.29. The number of benzene rings is 1. The van der Waals surface area contributed by atoms with Crippen molar-refractivity contribution in [2.75, 3.05) is 31.3 Å². The standard InChI is InChI=1S/C19H22Cl2N2O3S/c1-2-7-23(18(24)11-25-10-14-4-3-8-26-14)19-22-17(12-27-19)15-6-5-13(20)9-16(15)21/h5-6,9,12,14H,2-4,7-8,10-11H2,1H3. The largest absolute Gasteiger partial charge is 0.376 e. The highest BCUT2D eigenvalue weighted by Gasteiger charge is 2.21. The van der Waals surface area contributed by atoms with Crippen molar-refractivity contribution < 1.29 is 14.3 Å². The molecule has 1 aromatic carbocycles. The molecule has 27 heavy (non-hydrogen) atoms. The number of carbonyl (C=O) groups is 1. The Labute approximate surface area is 173 Å². The number of halogens is 2. The van der Waals surface area contributed by atoms with Gasteiger partial charge < -0.3 is 9.47 Å². The molecule has 0 N–H and O–H groups in total. The number of ether oxygens (including phenoxy) is 2. The number of amides is 1. The highest BCUT2D eigenvalue weighted by atomic mass is 35.5. The molecular formula is C19H22Cl2N2O3S. The minimum absolute atomic E-state index is 0.0243. The number of hydrogen-bond acceptors (Lipinski definition) is 5. The van der Waals surface area contributed by atoms with E-state index in [4.69, 9.17) is 32.7 Å². The van der Waals surface area contributed by atoms with E-state index >= 15 is 0 Å². The van der Waals surface area contributed by atoms with E-state index in [0.717, 1.165) is 37.1 Å². The molecule has 0 spiro atoms. The van der Waals surface area contributed by atoms with Gasteiger partial charge in [-0.1, -0.05) is 30.1 Å². The minimum Gasteiger partial charge on any atom is -0.376 e. The summed E-state index contributed by atoms with van der Waals surface area (Å²) in [6.45, 7) is 3.87. The summed E-state index contributed by atoms with van der Waals surface area (Å²) < 4.78 is 11.1. The van der Waals surface area contributed by atoms with E-state index < -0.39 is 0 Å². The van der Waals surface area contributed by atoms with Crippen molar-refractivity contribution in [3.05, 3.63) is 33.6 Å². The lowest BCUT2D eigenvalue weighted by atomic mass is 10.2. The van der Waals surface area contributed by atoms with Crippen LogP contribution in [0.1, 0.15) is 26.2 Å². The molecule has 1 aromatic heterocycles. The molecule has 3 rings (SSSR count). The van der Waals surface area contributed by atoms with Crippen LogP contribution in [0, 0.1) is 0 Å². The molecule has 5 nitrogen and oxygen atoms in total. The average Bonchev–Trinajstić information content (AvgIpc) is 3.31. The molecule has 1 fully saturated rings. The van der Waals surface area contributed by atoms with Crippen molar-refractivity contribution in [2.24, 2.45) is 0 Å². The van der Waals surface area contributed by atoms with E-state index in [1.807, 2.05) is 18.4 Å². The lowest BCUT2D eigenvalue weighted by Crippen LogP contribution is -2.35. The van der Waals surface area contributed by atoms with Crippen LogP contribution in [0.15, 0.2) is 23.6 Å². The predicted molar refractivity (Wildman–Crippen MR) is 110 cm³/mol. The summed E-state index contributed by atoms with van der Waals surface area (Å²) in [5, 5.41) is 3.65. The van der Waals surface area contributed by atoms with Crippen molar-refractivity contribution >= 4 is 45.6 Å². The molecule has 1 amide bonds. The maximum absolute atomic E-state index is 12.6. The zero-order chi connectivity index (χ0) is 19.2. The van der Waals surface area contributed by atoms with Crippen LogP contribution < -0.4 is 4.90 Å². The van der Waals surface area contributed by atoms with Gasteiger partial charge in [-0.05, 0) is 37.5 Å². The molecule has 0 bridgehead atoms. The van der Waals surface area contributed by atoms with Crippen molar-refractivity contribution in [2.45, 2.75) is 32.3 Å². The number of rotatable bonds is 8. The second kappa shape index (κ2) is 9.85. The summed E-state index contributed by atoms with van der Waals surface area (Å²) >= 11 is 13.7. The van der Waals surface area contributed by atoms with Crippen LogP contribution in [0.25, 0.3) is 11.3 Å². The van der Waals surface area contributed by atoms with Crippen molar-refractivity contribution in [1.29, 1.82) is 0 Å². The van der Waals surface area contributed by atoms with Gasteiger partial charge in [0, 0.05) is 29.1 Å². The molecular weight excluding hydrogens is 407 g/mol. The van der Waals surface area contributed by atoms with Gasteiger partial charge in [-0.25, -0.2) is 4.98 Å². The second-order valence-corrected chi connectivity index (χ2v) is 8.02. The van der Waals surface area contributed by atoms with Gasteiger partial charge in [-0.2, -0.15) is 0 Å². The van der Waals surface area contributed by atoms with E-state index in [1.165, 1.54) is 11.3 Å². The normalized spacial score (nSPS) is 16.6. The maximum atomic E-state index is 12.6. The van der Waals surface area contributed by atoms with Gasteiger partial charge in [-0.15, -0.1) is 11.3 Å². The zero-order valence-corrected chi connectivity index (χ0v) is 17.4. The zero-order valence-electron chi connectivity index (χ0n) is 15.1. The number of carbonyl (C=O) groups excluding carboxylic acids is 1. The van der Waals surface area contributed by atoms with Crippen LogP contribution in [0.5, 0.6) is 0 Å². The summed E-state index contributed by atoms with van der Waals surface area (Å²) in [5.41, 5.74) is 1.52. The smallest absolute Gasteiger partial charge is 0.254 e. The van der Waals surface area contributed by atoms with Crippen molar-refractivity contribution in [3.8, 4) is 11.3 Å². The van der Waals surface area contributed by atoms with Gasteiger partial charge in [0.1, 0.15) is 6.61 Å². The van der Waals surface area contributed by atoms with Gasteiger partial charge in [-0.3, -0.25) is 9.69 Å². The van der Waals surface area contributed by atoms with E-state index in [-0.39, 0.29) is 18.6 Å². The first-order valence-electron chi connectivity index (χ1n) is 8.99. The molecule has 1 unspecified atom stereocenters. The third-order valence-corrected chi connectivity index (χ3v) is 5.64. The average molecular weight is 429 g/mol. The van der Waals surface area contributed by atoms with E-state index in [2.05, 4.69) is 4.98 Å². The molecule has 1 aliphatic rings. The molecule has 0 aliphatic carbocycles. The minimum atomic E-state index is -0.0991. The van der Waals surface area contributed by atoms with E-state index in [9.17, 15) is 4.79 Å². The van der Waals surface area contributed by atoms with Gasteiger partial charge in [0.05, 0.1) is 23.4 Å². The van der Waals surface area contributed by atoms with Gasteiger partial charge >= 0.3 is 0 Å². The summed E-state index contributed by atoms with van der Waals surface area (Å²) in [4.78, 5) is 18.9. The first-order chi connectivity index (χ1) is 13.1. The fourth-order valence-corrected chi connectivity index (χ4v) is 4.26. The molecule has 8 heteroatoms. The Balaban J connectivity index is 1.67. The Morgan fingerprint density at radius 2 is 2.30 bits per heavy atom. The van der Waals surface area contributed by atoms with Gasteiger partial charge in [0.2, 0.25) is 0 Å². The predicted octanol–water partition coefficient (Wildman–Crippen LogP) is 5.06. The van der Waals surface area contributed by atoms with Crippen molar-refractivity contribution in [3.63, 3.8) is 0 Å². The van der Waals surface area contributed by atoms with Crippen LogP contribution in [-0.4, -0.2) is 43.4 Å². The Morgan fingerprint density at radius 3 is 3.00 bits per heavy atom. The number of thiazole rings is 1. The fraction of sp³-hybridized carbons (Fsp3) is 0.474. The van der Waals surface area contributed by atoms with Gasteiger partial charge in [0.15, 0.2) is 5.13 Å². The quantitative estimate of drug-likeness (QED) is 0.589. The van der Waals surface area contributed by atoms with Gasteiger partial charge in [0.25, 0.3) is 5.91 Å². The highest BCUT2D eigenvalue weighted by molar-refractivity contribution is 7.14. The SMILES string of the molecule is CCCN(C(=O)COCC1CCCO1)c1nc(-c2ccc(Cl)cc2Cl)cs1. The third-order valence-electron chi connectivity index (χ3n) is 4.23. The molecule has 1 aliphatic heterocycles. The first kappa shape index (κ1) is 20.6. The lowest BCUT2D eigenvalue weighted by Gasteiger charge is -2.19. The Hall–Kier alpha value is -1.18. The van der Waals surface area contributed by atoms with Crippen LogP contribution in [-0.2, 0) is 14.3 Å². The summed E-state index contributed by atoms with van der Waals surface area (Å²) in [7, 11) is 0. The number of anilines is 1. The number of nitrogens with zero attached hydrogens (tertiary/aromatic N) is 2. The summed E-state index contributed by atoms with van der Waals surface area (Å²) in [6.07, 6.45) is 2.98. The van der Waals surface area contributed by atoms with Crippen LogP contribution in [0.4, 0.5) is 5.13 Å². The number of hydrogen-bond donors (Lipinski definition) is 0. The third kappa shape index (κ3) is 5.42. The first-order valence-corrected chi connectivity index (χ1v) is 10.6. The van der Waals surface area contributed by atoms with Crippen LogP contribution >= 0.6 is 34.5 Å². The molecule has 146 valence electrons. The Bertz CT molecular complexity index is 778. The molecule has 2 heterocycles. The Kier molecular flexibility index (Phi) is 7.49.